The minimum absolute atomic E-state index is 0.137. The fourth-order valence-electron chi connectivity index (χ4n) is 4.83. The molecule has 0 saturated carbocycles. The van der Waals surface area contributed by atoms with Gasteiger partial charge in [0.2, 0.25) is 0 Å². The third-order valence-corrected chi connectivity index (χ3v) is 6.29. The molecule has 136 valence electrons. The van der Waals surface area contributed by atoms with Crippen molar-refractivity contribution in [1.29, 1.82) is 0 Å². The van der Waals surface area contributed by atoms with Gasteiger partial charge in [0.15, 0.2) is 0 Å². The molecule has 1 heteroatoms. The maximum atomic E-state index is 13.2. The summed E-state index contributed by atoms with van der Waals surface area (Å²) in [7, 11) is 0. The highest BCUT2D eigenvalue weighted by Gasteiger charge is 2.26. The van der Waals surface area contributed by atoms with Crippen LogP contribution in [-0.2, 0) is 25.7 Å². The quantitative estimate of drug-likeness (QED) is 0.549. The van der Waals surface area contributed by atoms with E-state index in [0.29, 0.717) is 5.92 Å². The Balaban J connectivity index is 1.51. The second kappa shape index (κ2) is 7.78. The summed E-state index contributed by atoms with van der Waals surface area (Å²) in [6, 6.07) is 11.9. The molecule has 0 spiro atoms. The van der Waals surface area contributed by atoms with Gasteiger partial charge in [-0.25, -0.2) is 4.39 Å². The van der Waals surface area contributed by atoms with E-state index in [4.69, 9.17) is 0 Å². The maximum Gasteiger partial charge on any atom is 0.123 e. The molecule has 4 rings (SSSR count). The van der Waals surface area contributed by atoms with Gasteiger partial charge in [-0.2, -0.15) is 0 Å². The number of unbranched alkanes of at least 4 members (excludes halogenated alkanes) is 1. The van der Waals surface area contributed by atoms with E-state index in [1.165, 1.54) is 56.1 Å². The minimum Gasteiger partial charge on any atom is -0.207 e. The normalized spacial score (nSPS) is 22.2. The first-order chi connectivity index (χ1) is 12.7. The van der Waals surface area contributed by atoms with Gasteiger partial charge in [-0.1, -0.05) is 49.8 Å². The average Bonchev–Trinajstić information content (AvgIpc) is 2.68. The molecule has 2 atom stereocenters. The topological polar surface area (TPSA) is 0 Å². The summed E-state index contributed by atoms with van der Waals surface area (Å²) < 4.78 is 13.2. The molecule has 0 aliphatic heterocycles. The number of benzene rings is 2. The monoisotopic (exact) mass is 348 g/mol. The second-order valence-corrected chi connectivity index (χ2v) is 8.05. The highest BCUT2D eigenvalue weighted by Crippen LogP contribution is 2.38. The Labute approximate surface area is 157 Å². The predicted octanol–water partition coefficient (Wildman–Crippen LogP) is 6.56. The summed E-state index contributed by atoms with van der Waals surface area (Å²) in [5.74, 6) is 1.12. The van der Waals surface area contributed by atoms with Crippen LogP contribution in [0.4, 0.5) is 4.39 Å². The summed E-state index contributed by atoms with van der Waals surface area (Å²) >= 11 is 0. The summed E-state index contributed by atoms with van der Waals surface area (Å²) in [6.45, 7) is 2.24. The van der Waals surface area contributed by atoms with Crippen molar-refractivity contribution in [1.82, 2.24) is 0 Å². The first-order valence-corrected chi connectivity index (χ1v) is 10.3. The van der Waals surface area contributed by atoms with Gasteiger partial charge >= 0.3 is 0 Å². The van der Waals surface area contributed by atoms with Gasteiger partial charge in [0.05, 0.1) is 0 Å². The van der Waals surface area contributed by atoms with Crippen molar-refractivity contribution < 1.29 is 4.39 Å². The Bertz CT molecular complexity index is 785. The first-order valence-electron chi connectivity index (χ1n) is 10.3. The van der Waals surface area contributed by atoms with Crippen LogP contribution in [0.1, 0.15) is 66.3 Å². The van der Waals surface area contributed by atoms with Crippen LogP contribution in [0.25, 0.3) is 0 Å². The van der Waals surface area contributed by atoms with Crippen LogP contribution in [0.3, 0.4) is 0 Å². The second-order valence-electron chi connectivity index (χ2n) is 8.05. The molecule has 0 nitrogen and oxygen atoms in total. The molecular formula is C25H29F. The molecule has 0 heterocycles. The van der Waals surface area contributed by atoms with E-state index in [-0.39, 0.29) is 5.82 Å². The number of rotatable bonds is 4. The molecule has 0 amide bonds. The molecule has 0 saturated heterocycles. The van der Waals surface area contributed by atoms with Crippen LogP contribution in [-0.4, -0.2) is 0 Å². The standard InChI is InChI=1S/C25H29F/c1-2-3-4-5-18-6-14-24-21(16-18)7-8-22-17-20(11-15-25(22)24)19-9-12-23(26)13-10-19/h4-5,7-10,12-13,18,20H,2-3,6,11,14-17H2,1H3/b5-4+/t18-,20-/m0/s1. The largest absolute Gasteiger partial charge is 0.207 e. The molecule has 0 fully saturated rings. The molecule has 0 aromatic heterocycles. The van der Waals surface area contributed by atoms with Gasteiger partial charge < -0.3 is 0 Å². The first kappa shape index (κ1) is 17.5. The average molecular weight is 349 g/mol. The molecule has 2 aromatic carbocycles. The number of allylic oxidation sites excluding steroid dienone is 2. The SMILES string of the molecule is CCC/C=C/[C@H]1CCc2c(ccc3c2CC[C@H](c2ccc(F)cc2)C3)C1. The van der Waals surface area contributed by atoms with Gasteiger partial charge in [-0.3, -0.25) is 0 Å². The van der Waals surface area contributed by atoms with Crippen molar-refractivity contribution in [3.05, 3.63) is 82.2 Å². The van der Waals surface area contributed by atoms with Crippen molar-refractivity contribution in [2.45, 2.75) is 64.2 Å². The van der Waals surface area contributed by atoms with E-state index in [2.05, 4.69) is 31.2 Å². The fourth-order valence-corrected chi connectivity index (χ4v) is 4.83. The van der Waals surface area contributed by atoms with Gasteiger partial charge in [-0.15, -0.1) is 0 Å². The highest BCUT2D eigenvalue weighted by atomic mass is 19.1. The van der Waals surface area contributed by atoms with E-state index in [1.54, 1.807) is 28.8 Å². The zero-order chi connectivity index (χ0) is 17.9. The van der Waals surface area contributed by atoms with E-state index >= 15 is 0 Å². The van der Waals surface area contributed by atoms with E-state index < -0.39 is 0 Å². The Morgan fingerprint density at radius 1 is 0.923 bits per heavy atom. The van der Waals surface area contributed by atoms with E-state index in [1.807, 2.05) is 12.1 Å². The fraction of sp³-hybridized carbons (Fsp3) is 0.440. The predicted molar refractivity (Wildman–Crippen MR) is 107 cm³/mol. The zero-order valence-electron chi connectivity index (χ0n) is 15.8. The van der Waals surface area contributed by atoms with Crippen molar-refractivity contribution in [2.24, 2.45) is 5.92 Å². The number of fused-ring (bicyclic) bond motifs is 3. The molecule has 0 unspecified atom stereocenters. The van der Waals surface area contributed by atoms with Crippen molar-refractivity contribution in [2.75, 3.05) is 0 Å². The van der Waals surface area contributed by atoms with Crippen LogP contribution < -0.4 is 0 Å². The van der Waals surface area contributed by atoms with E-state index in [0.717, 1.165) is 12.3 Å². The van der Waals surface area contributed by atoms with Crippen LogP contribution in [0.15, 0.2) is 48.6 Å². The Hall–Kier alpha value is -1.89. The van der Waals surface area contributed by atoms with Crippen LogP contribution in [0.2, 0.25) is 0 Å². The Kier molecular flexibility index (Phi) is 5.24. The van der Waals surface area contributed by atoms with Crippen LogP contribution in [0.5, 0.6) is 0 Å². The van der Waals surface area contributed by atoms with Gasteiger partial charge in [0.25, 0.3) is 0 Å². The van der Waals surface area contributed by atoms with Crippen molar-refractivity contribution in [3.8, 4) is 0 Å². The van der Waals surface area contributed by atoms with Gasteiger partial charge in [0, 0.05) is 0 Å². The smallest absolute Gasteiger partial charge is 0.123 e. The highest BCUT2D eigenvalue weighted by molar-refractivity contribution is 5.45. The maximum absolute atomic E-state index is 13.2. The van der Waals surface area contributed by atoms with Crippen LogP contribution >= 0.6 is 0 Å². The zero-order valence-corrected chi connectivity index (χ0v) is 15.8. The van der Waals surface area contributed by atoms with E-state index in [9.17, 15) is 4.39 Å². The lowest BCUT2D eigenvalue weighted by Gasteiger charge is -2.31. The summed E-state index contributed by atoms with van der Waals surface area (Å²) in [5.41, 5.74) is 7.69. The number of halogens is 1. The molecule has 2 aliphatic carbocycles. The molecule has 0 bridgehead atoms. The molecular weight excluding hydrogens is 319 g/mol. The third kappa shape index (κ3) is 3.63. The van der Waals surface area contributed by atoms with Crippen molar-refractivity contribution in [3.63, 3.8) is 0 Å². The Morgan fingerprint density at radius 3 is 2.35 bits per heavy atom. The lowest BCUT2D eigenvalue weighted by Crippen LogP contribution is -2.20. The molecule has 26 heavy (non-hydrogen) atoms. The summed E-state index contributed by atoms with van der Waals surface area (Å²) in [5, 5.41) is 0. The lowest BCUT2D eigenvalue weighted by molar-refractivity contribution is 0.532. The molecule has 2 aliphatic rings. The summed E-state index contributed by atoms with van der Waals surface area (Å²) in [4.78, 5) is 0. The van der Waals surface area contributed by atoms with Gasteiger partial charge in [-0.05, 0) is 96.7 Å². The summed E-state index contributed by atoms with van der Waals surface area (Å²) in [6.07, 6.45) is 14.5. The molecule has 2 aromatic rings. The number of hydrogen-bond donors (Lipinski definition) is 0. The van der Waals surface area contributed by atoms with Crippen molar-refractivity contribution >= 4 is 0 Å². The number of hydrogen-bond acceptors (Lipinski definition) is 0. The third-order valence-electron chi connectivity index (χ3n) is 6.29. The molecule has 0 N–H and O–H groups in total. The molecule has 0 radical (unpaired) electrons. The minimum atomic E-state index is -0.137. The van der Waals surface area contributed by atoms with Crippen LogP contribution in [0, 0.1) is 11.7 Å². The Morgan fingerprint density at radius 2 is 1.62 bits per heavy atom. The lowest BCUT2D eigenvalue weighted by atomic mass is 9.74. The van der Waals surface area contributed by atoms with Gasteiger partial charge in [0.1, 0.15) is 5.82 Å².